The lowest BCUT2D eigenvalue weighted by Gasteiger charge is -2.35. The molecule has 0 radical (unpaired) electrons. The molecule has 0 amide bonds. The molecule has 0 bridgehead atoms. The number of anilines is 3. The zero-order valence-corrected chi connectivity index (χ0v) is 61.8. The minimum Gasteiger partial charge on any atom is -0.481 e. The number of nitriles is 2. The SMILES string of the molecule is CN1CCC(c2cc(-c3ccc(N4CCN(Cc5c(F)cccc5F)CC4)nc3)c3c(C#N)cnn3c2)C1.COc1ccc(CN2CCN(c3ccc(-c4cc(C5CCNC5)cn5nccc45)cn3)CC2)cn1.N#Cc1cnn2cc(C3CCNC3)cc(-c3ccc(N4CCN(Cc5c(F)cccc5F)CC4)nc3)c12. The van der Waals surface area contributed by atoms with Crippen LogP contribution in [0, 0.1) is 45.9 Å². The molecule has 12 aromatic rings. The number of nitrogens with one attached hydrogen (secondary N) is 2. The number of benzene rings is 2. The lowest BCUT2D eigenvalue weighted by atomic mass is 9.95. The number of halogens is 4. The van der Waals surface area contributed by atoms with Crippen molar-refractivity contribution < 1.29 is 22.3 Å². The molecule has 10 aromatic heterocycles. The molecule has 562 valence electrons. The van der Waals surface area contributed by atoms with Gasteiger partial charge in [-0.3, -0.25) is 14.7 Å². The summed E-state index contributed by atoms with van der Waals surface area (Å²) in [4.78, 5) is 34.4. The summed E-state index contributed by atoms with van der Waals surface area (Å²) in [6, 6.07) is 37.8. The Morgan fingerprint density at radius 2 is 0.900 bits per heavy atom. The van der Waals surface area contributed by atoms with Crippen molar-refractivity contribution in [3.63, 3.8) is 0 Å². The Morgan fingerprint density at radius 3 is 1.30 bits per heavy atom. The second-order valence-corrected chi connectivity index (χ2v) is 29.4. The van der Waals surface area contributed by atoms with E-state index in [2.05, 4.69) is 145 Å². The fourth-order valence-corrected chi connectivity index (χ4v) is 16.2. The summed E-state index contributed by atoms with van der Waals surface area (Å²) in [6.45, 7) is 17.1. The number of piperazine rings is 3. The maximum absolute atomic E-state index is 14.1. The minimum atomic E-state index is -0.500. The lowest BCUT2D eigenvalue weighted by molar-refractivity contribution is 0.242. The zero-order chi connectivity index (χ0) is 75.2. The number of hydrogen-bond donors (Lipinski definition) is 2. The van der Waals surface area contributed by atoms with E-state index in [0.29, 0.717) is 60.9 Å². The van der Waals surface area contributed by atoms with Crippen LogP contribution in [0.4, 0.5) is 35.0 Å². The number of nitrogens with zero attached hydrogens (tertiary/aromatic N) is 19. The van der Waals surface area contributed by atoms with E-state index in [0.717, 1.165) is 173 Å². The van der Waals surface area contributed by atoms with Crippen molar-refractivity contribution in [2.75, 3.05) is 147 Å². The van der Waals surface area contributed by atoms with Gasteiger partial charge >= 0.3 is 0 Å². The molecule has 18 rings (SSSR count). The first-order chi connectivity index (χ1) is 53.9. The van der Waals surface area contributed by atoms with Gasteiger partial charge < -0.3 is 35.0 Å². The second-order valence-electron chi connectivity index (χ2n) is 29.4. The van der Waals surface area contributed by atoms with E-state index in [4.69, 9.17) is 19.7 Å². The van der Waals surface area contributed by atoms with Gasteiger partial charge in [0.2, 0.25) is 5.88 Å². The molecule has 3 atom stereocenters. The van der Waals surface area contributed by atoms with E-state index < -0.39 is 23.3 Å². The third-order valence-electron chi connectivity index (χ3n) is 22.5. The van der Waals surface area contributed by atoms with E-state index in [1.165, 1.54) is 70.6 Å². The summed E-state index contributed by atoms with van der Waals surface area (Å²) >= 11 is 0. The maximum Gasteiger partial charge on any atom is 0.212 e. The Kier molecular flexibility index (Phi) is 21.8. The minimum absolute atomic E-state index is 0.122. The van der Waals surface area contributed by atoms with Crippen molar-refractivity contribution >= 4 is 34.0 Å². The molecule has 6 saturated heterocycles. The molecule has 26 heteroatoms. The fraction of sp³-hybridized carbons (Fsp3) is 0.345. The molecule has 6 aliphatic heterocycles. The van der Waals surface area contributed by atoms with Crippen LogP contribution in [0.2, 0.25) is 0 Å². The van der Waals surface area contributed by atoms with Crippen LogP contribution in [0.25, 0.3) is 49.9 Å². The van der Waals surface area contributed by atoms with E-state index in [1.807, 2.05) is 75.0 Å². The third kappa shape index (κ3) is 16.0. The van der Waals surface area contributed by atoms with Gasteiger partial charge in [-0.25, -0.2) is 51.0 Å². The Morgan fingerprint density at radius 1 is 0.455 bits per heavy atom. The number of hydrogen-bond acceptors (Lipinski definition) is 19. The number of fused-ring (bicyclic) bond motifs is 3. The number of likely N-dealkylation sites (tertiary alicyclic amines) is 1. The fourth-order valence-electron chi connectivity index (χ4n) is 16.2. The number of pyridine rings is 7. The number of aromatic nitrogens is 10. The molecule has 3 unspecified atom stereocenters. The quantitative estimate of drug-likeness (QED) is 0.0862. The molecule has 2 aromatic carbocycles. The molecule has 0 spiro atoms. The van der Waals surface area contributed by atoms with Gasteiger partial charge in [0.25, 0.3) is 0 Å². The Hall–Kier alpha value is -11.2. The summed E-state index contributed by atoms with van der Waals surface area (Å²) in [5.74, 6) is 2.81. The monoisotopic (exact) mass is 1480 g/mol. The van der Waals surface area contributed by atoms with Crippen molar-refractivity contribution in [2.24, 2.45) is 0 Å². The summed E-state index contributed by atoms with van der Waals surface area (Å²) in [5, 5.41) is 39.7. The Balaban J connectivity index is 0.000000125. The van der Waals surface area contributed by atoms with Gasteiger partial charge in [-0.2, -0.15) is 25.8 Å². The first-order valence-electron chi connectivity index (χ1n) is 37.9. The van der Waals surface area contributed by atoms with Crippen molar-refractivity contribution in [3.05, 3.63) is 239 Å². The number of methoxy groups -OCH3 is 1. The highest BCUT2D eigenvalue weighted by Crippen LogP contribution is 2.38. The largest absolute Gasteiger partial charge is 0.481 e. The van der Waals surface area contributed by atoms with Crippen LogP contribution in [-0.4, -0.2) is 200 Å². The summed E-state index contributed by atoms with van der Waals surface area (Å²) in [6.07, 6.45) is 22.4. The first-order valence-corrected chi connectivity index (χ1v) is 37.9. The van der Waals surface area contributed by atoms with Crippen molar-refractivity contribution in [1.29, 1.82) is 10.5 Å². The maximum atomic E-state index is 14.1. The second kappa shape index (κ2) is 32.9. The highest BCUT2D eigenvalue weighted by molar-refractivity contribution is 5.86. The van der Waals surface area contributed by atoms with Gasteiger partial charge in [-0.15, -0.1) is 0 Å². The van der Waals surface area contributed by atoms with Crippen LogP contribution in [-0.2, 0) is 19.6 Å². The number of rotatable bonds is 16. The molecular weight excluding hydrogens is 1400 g/mol. The van der Waals surface area contributed by atoms with E-state index >= 15 is 0 Å². The van der Waals surface area contributed by atoms with Gasteiger partial charge in [0.15, 0.2) is 0 Å². The molecule has 6 aliphatic rings. The van der Waals surface area contributed by atoms with Crippen LogP contribution in [0.5, 0.6) is 5.88 Å². The lowest BCUT2D eigenvalue weighted by Crippen LogP contribution is -2.46. The predicted molar refractivity (Wildman–Crippen MR) is 416 cm³/mol. The number of likely N-dealkylation sites (N-methyl/N-ethyl adjacent to an activating group) is 1. The average molecular weight is 1480 g/mol. The highest BCUT2D eigenvalue weighted by atomic mass is 19.1. The van der Waals surface area contributed by atoms with Gasteiger partial charge in [0.1, 0.15) is 52.9 Å². The highest BCUT2D eigenvalue weighted by Gasteiger charge is 2.29. The van der Waals surface area contributed by atoms with Crippen LogP contribution in [0.15, 0.2) is 171 Å². The molecule has 22 nitrogen and oxygen atoms in total. The molecule has 0 saturated carbocycles. The van der Waals surface area contributed by atoms with E-state index in [9.17, 15) is 28.1 Å². The topological polar surface area (TPSA) is 207 Å². The molecule has 2 N–H and O–H groups in total. The summed E-state index contributed by atoms with van der Waals surface area (Å²) in [5.41, 5.74) is 15.1. The summed E-state index contributed by atoms with van der Waals surface area (Å²) < 4.78 is 67.0. The van der Waals surface area contributed by atoms with E-state index in [-0.39, 0.29) is 24.2 Å². The number of ether oxygens (including phenoxy) is 1. The predicted octanol–water partition coefficient (Wildman–Crippen LogP) is 11.4. The Bertz CT molecular complexity index is 5240. The molecule has 110 heavy (non-hydrogen) atoms. The third-order valence-corrected chi connectivity index (χ3v) is 22.5. The van der Waals surface area contributed by atoms with Crippen LogP contribution in [0.3, 0.4) is 0 Å². The van der Waals surface area contributed by atoms with Crippen LogP contribution >= 0.6 is 0 Å². The van der Waals surface area contributed by atoms with Crippen molar-refractivity contribution in [1.82, 2.24) is 79.0 Å². The van der Waals surface area contributed by atoms with Crippen LogP contribution < -0.4 is 30.1 Å². The van der Waals surface area contributed by atoms with Gasteiger partial charge in [-0.05, 0) is 171 Å². The Labute approximate surface area is 636 Å². The normalized spacial score (nSPS) is 18.7. The molecule has 16 heterocycles. The first kappa shape index (κ1) is 72.9. The van der Waals surface area contributed by atoms with Gasteiger partial charge in [0.05, 0.1) is 47.2 Å². The standard InChI is InChI=1S/C29H29F2N7.C28H27F2N7.C27H31N7O/c1-35-8-7-21(17-35)22-13-24(29-23(14-32)16-34-38(29)18-22)20-5-6-28(33-15-20)37-11-9-36(10-12-37)19-25-26(30)3-2-4-27(25)31;29-25-2-1-3-26(30)24(25)18-35-8-10-36(11-9-35)27-5-4-20(15-33-27)23-12-21(19-6-7-32-14-19)17-37-28(23)22(13-31)16-34-37;1-35-27-5-2-20(15-30-27)18-32-10-12-33(13-11-32)26-4-3-22(17-29-26)24-14-23(21-6-8-28-16-21)19-34-25(24)7-9-31-34/h2-6,13,15-16,18,21H,7-12,17,19H2,1H3;1-5,12,15-17,19,32H,6-11,14,18H2;2-5,7,9,14-15,17,19,21,28H,6,8,10-13,16,18H2,1H3. The summed E-state index contributed by atoms with van der Waals surface area (Å²) in [7, 11) is 3.78. The van der Waals surface area contributed by atoms with Crippen molar-refractivity contribution in [3.8, 4) is 51.4 Å². The van der Waals surface area contributed by atoms with Crippen molar-refractivity contribution in [2.45, 2.75) is 56.7 Å². The molecule has 6 fully saturated rings. The van der Waals surface area contributed by atoms with Gasteiger partial charge in [-0.1, -0.05) is 18.2 Å². The van der Waals surface area contributed by atoms with Crippen LogP contribution in [0.1, 0.15) is 81.5 Å². The smallest absolute Gasteiger partial charge is 0.212 e. The molecular formula is C84H87F4N21O. The zero-order valence-electron chi connectivity index (χ0n) is 61.8. The van der Waals surface area contributed by atoms with E-state index in [1.54, 1.807) is 19.5 Å². The van der Waals surface area contributed by atoms with Gasteiger partial charge in [0, 0.05) is 218 Å². The molecule has 0 aliphatic carbocycles. The average Bonchev–Trinajstić information content (AvgIpc) is 1.58.